The first kappa shape index (κ1) is 28.5. The van der Waals surface area contributed by atoms with Crippen LogP contribution < -0.4 is 20.4 Å². The van der Waals surface area contributed by atoms with Gasteiger partial charge in [0.1, 0.15) is 0 Å². The fourth-order valence-corrected chi connectivity index (χ4v) is 1.81. The minimum absolute atomic E-state index is 0. The summed E-state index contributed by atoms with van der Waals surface area (Å²) >= 11 is 0. The van der Waals surface area contributed by atoms with Gasteiger partial charge in [-0.25, -0.2) is 0 Å². The third-order valence-electron chi connectivity index (χ3n) is 3.16. The van der Waals surface area contributed by atoms with E-state index >= 15 is 0 Å². The Bertz CT molecular complexity index is 638. The third-order valence-corrected chi connectivity index (χ3v) is 3.16. The molecule has 0 fully saturated rings. The first-order valence-corrected chi connectivity index (χ1v) is 8.37. The minimum atomic E-state index is -0.115. The SMILES string of the molecule is [Cu+2].[Cu+2].[O-]CCCN=Cc1ccccc1[O-].[O-]CCCN=Cc1ccccc1[O-]. The van der Waals surface area contributed by atoms with Crippen LogP contribution in [0.1, 0.15) is 24.0 Å². The van der Waals surface area contributed by atoms with Crippen molar-refractivity contribution in [1.29, 1.82) is 0 Å². The van der Waals surface area contributed by atoms with E-state index in [9.17, 15) is 20.4 Å². The average Bonchev–Trinajstić information content (AvgIpc) is 2.66. The van der Waals surface area contributed by atoms with Crippen LogP contribution >= 0.6 is 0 Å². The van der Waals surface area contributed by atoms with Crippen LogP contribution in [0, 0.1) is 0 Å². The monoisotopic (exact) mass is 480 g/mol. The Morgan fingerprint density at radius 3 is 1.32 bits per heavy atom. The molecule has 0 unspecified atom stereocenters. The van der Waals surface area contributed by atoms with E-state index < -0.39 is 0 Å². The van der Waals surface area contributed by atoms with E-state index in [1.165, 1.54) is 24.6 Å². The zero-order chi connectivity index (χ0) is 19.0. The molecule has 2 radical (unpaired) electrons. The molecule has 0 saturated carbocycles. The summed E-state index contributed by atoms with van der Waals surface area (Å²) < 4.78 is 0. The maximum atomic E-state index is 11.1. The molecule has 158 valence electrons. The van der Waals surface area contributed by atoms with Gasteiger partial charge >= 0.3 is 34.1 Å². The molecule has 28 heavy (non-hydrogen) atoms. The maximum absolute atomic E-state index is 11.1. The van der Waals surface area contributed by atoms with E-state index in [0.29, 0.717) is 37.1 Å². The summed E-state index contributed by atoms with van der Waals surface area (Å²) in [6.07, 6.45) is 4.10. The van der Waals surface area contributed by atoms with E-state index in [4.69, 9.17) is 0 Å². The van der Waals surface area contributed by atoms with Crippen molar-refractivity contribution >= 4 is 12.4 Å². The van der Waals surface area contributed by atoms with Crippen LogP contribution in [-0.2, 0) is 34.1 Å². The molecule has 0 saturated heterocycles. The molecule has 2 aromatic carbocycles. The topological polar surface area (TPSA) is 117 Å². The quantitative estimate of drug-likeness (QED) is 0.296. The fourth-order valence-electron chi connectivity index (χ4n) is 1.81. The molecule has 6 nitrogen and oxygen atoms in total. The summed E-state index contributed by atoms with van der Waals surface area (Å²) in [7, 11) is 0. The van der Waals surface area contributed by atoms with Crippen molar-refractivity contribution in [2.24, 2.45) is 9.98 Å². The molecule has 0 heterocycles. The Hall–Kier alpha value is -1.66. The van der Waals surface area contributed by atoms with Gasteiger partial charge in [-0.2, -0.15) is 0 Å². The van der Waals surface area contributed by atoms with Crippen molar-refractivity contribution in [2.75, 3.05) is 26.3 Å². The van der Waals surface area contributed by atoms with Crippen LogP contribution in [0.15, 0.2) is 58.5 Å². The minimum Gasteiger partial charge on any atom is -0.872 e. The van der Waals surface area contributed by atoms with Gasteiger partial charge < -0.3 is 20.4 Å². The van der Waals surface area contributed by atoms with Gasteiger partial charge in [-0.1, -0.05) is 48.5 Å². The molecule has 0 atom stereocenters. The van der Waals surface area contributed by atoms with Crippen LogP contribution in [0.5, 0.6) is 11.5 Å². The first-order chi connectivity index (χ1) is 12.7. The predicted octanol–water partition coefficient (Wildman–Crippen LogP) is -0.146. The Balaban J connectivity index is 0. The number of benzene rings is 2. The van der Waals surface area contributed by atoms with Crippen molar-refractivity contribution in [3.8, 4) is 11.5 Å². The molecule has 8 heteroatoms. The van der Waals surface area contributed by atoms with E-state index in [-0.39, 0.29) is 58.9 Å². The Labute approximate surface area is 187 Å². The number of aliphatic imine (C=N–C) groups is 2. The van der Waals surface area contributed by atoms with E-state index in [0.717, 1.165) is 0 Å². The molecule has 0 N–H and O–H groups in total. The molecule has 2 rings (SSSR count). The second kappa shape index (κ2) is 18.7. The molecule has 0 amide bonds. The summed E-state index contributed by atoms with van der Waals surface area (Å²) in [4.78, 5) is 7.93. The molecule has 0 aliphatic rings. The second-order valence-corrected chi connectivity index (χ2v) is 5.26. The van der Waals surface area contributed by atoms with Crippen molar-refractivity contribution in [3.63, 3.8) is 0 Å². The molecule has 0 aliphatic carbocycles. The van der Waals surface area contributed by atoms with Gasteiger partial charge in [-0.15, -0.1) is 24.7 Å². The van der Waals surface area contributed by atoms with Crippen molar-refractivity contribution in [2.45, 2.75) is 12.8 Å². The Morgan fingerprint density at radius 2 is 1.00 bits per heavy atom. The normalized spacial score (nSPS) is 10.1. The fraction of sp³-hybridized carbons (Fsp3) is 0.300. The molecule has 0 spiro atoms. The summed E-state index contributed by atoms with van der Waals surface area (Å²) in [5, 5.41) is 42.4. The summed E-state index contributed by atoms with van der Waals surface area (Å²) in [5.74, 6) is -0.0678. The van der Waals surface area contributed by atoms with Crippen LogP contribution in [0.25, 0.3) is 0 Å². The molecule has 0 aromatic heterocycles. The first-order valence-electron chi connectivity index (χ1n) is 8.37. The number of para-hydroxylation sites is 2. The second-order valence-electron chi connectivity index (χ2n) is 5.26. The van der Waals surface area contributed by atoms with Crippen LogP contribution in [-0.4, -0.2) is 38.7 Å². The molecule has 0 aliphatic heterocycles. The zero-order valence-electron chi connectivity index (χ0n) is 15.1. The van der Waals surface area contributed by atoms with Gasteiger partial charge in [0.15, 0.2) is 0 Å². The van der Waals surface area contributed by atoms with E-state index in [1.807, 2.05) is 0 Å². The van der Waals surface area contributed by atoms with Gasteiger partial charge in [-0.3, -0.25) is 9.98 Å². The molecular formula is C20H22Cu2N2O4. The van der Waals surface area contributed by atoms with Gasteiger partial charge in [0.05, 0.1) is 0 Å². The predicted molar refractivity (Wildman–Crippen MR) is 95.7 cm³/mol. The number of nitrogens with zero attached hydrogens (tertiary/aromatic N) is 2. The van der Waals surface area contributed by atoms with Crippen LogP contribution in [0.3, 0.4) is 0 Å². The van der Waals surface area contributed by atoms with Crippen LogP contribution in [0.2, 0.25) is 0 Å². The number of hydrogen-bond donors (Lipinski definition) is 0. The summed E-state index contributed by atoms with van der Waals surface area (Å²) in [6.45, 7) is 0.766. The van der Waals surface area contributed by atoms with Crippen molar-refractivity contribution < 1.29 is 54.6 Å². The number of hydrogen-bond acceptors (Lipinski definition) is 6. The van der Waals surface area contributed by atoms with Gasteiger partial charge in [0.2, 0.25) is 0 Å². The van der Waals surface area contributed by atoms with Crippen molar-refractivity contribution in [3.05, 3.63) is 59.7 Å². The summed E-state index contributed by atoms with van der Waals surface area (Å²) in [5.41, 5.74) is 1.15. The van der Waals surface area contributed by atoms with E-state index in [2.05, 4.69) is 9.98 Å². The Morgan fingerprint density at radius 1 is 0.643 bits per heavy atom. The van der Waals surface area contributed by atoms with Gasteiger partial charge in [0.25, 0.3) is 0 Å². The average molecular weight is 481 g/mol. The number of rotatable bonds is 8. The molecule has 2 aromatic rings. The van der Waals surface area contributed by atoms with Crippen LogP contribution in [0.4, 0.5) is 0 Å². The largest absolute Gasteiger partial charge is 2.00 e. The van der Waals surface area contributed by atoms with Crippen molar-refractivity contribution in [1.82, 2.24) is 0 Å². The Kier molecular flexibility index (Phi) is 19.1. The summed E-state index contributed by atoms with van der Waals surface area (Å²) in [6, 6.07) is 13.4. The smallest absolute Gasteiger partial charge is 0.872 e. The van der Waals surface area contributed by atoms with Gasteiger partial charge in [0, 0.05) is 25.5 Å². The molecule has 0 bridgehead atoms. The van der Waals surface area contributed by atoms with E-state index in [1.54, 1.807) is 36.4 Å². The standard InChI is InChI=1S/2C10H12NO2.2Cu/c2*12-7-3-6-11-8-9-4-1-2-5-10(9)13;;/h2*1-2,4-5,8,13H,3,6-7H2;;/q2*-1;2*+2/p-2. The van der Waals surface area contributed by atoms with Gasteiger partial charge in [-0.05, 0) is 24.0 Å². The molecular weight excluding hydrogens is 459 g/mol. The maximum Gasteiger partial charge on any atom is 2.00 e. The third kappa shape index (κ3) is 12.7. The zero-order valence-corrected chi connectivity index (χ0v) is 17.0.